The first kappa shape index (κ1) is 15.0. The molecule has 0 saturated carbocycles. The zero-order valence-electron chi connectivity index (χ0n) is 11.6. The Morgan fingerprint density at radius 1 is 1.33 bits per heavy atom. The average molecular weight is 292 g/mol. The fraction of sp³-hybridized carbons (Fsp3) is 0.429. The van der Waals surface area contributed by atoms with Crippen LogP contribution in [-0.2, 0) is 4.79 Å². The quantitative estimate of drug-likeness (QED) is 0.677. The molecular weight excluding hydrogens is 276 g/mol. The number of aliphatic carboxylic acids is 1. The third-order valence-corrected chi connectivity index (χ3v) is 3.97. The van der Waals surface area contributed by atoms with Gasteiger partial charge in [0.05, 0.1) is 10.3 Å². The minimum absolute atomic E-state index is 0.131. The van der Waals surface area contributed by atoms with Crippen molar-refractivity contribution in [1.29, 1.82) is 0 Å². The molecular formula is C14H16N2O5. The molecule has 1 heterocycles. The van der Waals surface area contributed by atoms with Gasteiger partial charge in [-0.15, -0.1) is 0 Å². The highest BCUT2D eigenvalue weighted by Gasteiger charge is 2.38. The number of nitro groups is 1. The number of non-ortho nitro benzene ring substituents is 1. The van der Waals surface area contributed by atoms with Crippen LogP contribution in [0.1, 0.15) is 30.1 Å². The highest BCUT2D eigenvalue weighted by molar-refractivity contribution is 5.95. The number of carbonyl (C=O) groups excluding carboxylic acids is 1. The maximum absolute atomic E-state index is 12.3. The molecule has 0 atom stereocenters. The second kappa shape index (κ2) is 5.51. The van der Waals surface area contributed by atoms with Gasteiger partial charge in [-0.05, 0) is 25.8 Å². The Hall–Kier alpha value is -2.44. The van der Waals surface area contributed by atoms with Gasteiger partial charge in [0, 0.05) is 30.8 Å². The van der Waals surface area contributed by atoms with E-state index < -0.39 is 16.3 Å². The van der Waals surface area contributed by atoms with Crippen LogP contribution in [0.25, 0.3) is 0 Å². The van der Waals surface area contributed by atoms with Crippen LogP contribution in [0.3, 0.4) is 0 Å². The first-order chi connectivity index (χ1) is 9.83. The first-order valence-corrected chi connectivity index (χ1v) is 6.61. The van der Waals surface area contributed by atoms with E-state index in [1.807, 2.05) is 0 Å². The highest BCUT2D eigenvalue weighted by Crippen LogP contribution is 2.31. The van der Waals surface area contributed by atoms with Crippen molar-refractivity contribution >= 4 is 17.6 Å². The molecule has 7 nitrogen and oxygen atoms in total. The fourth-order valence-electron chi connectivity index (χ4n) is 2.35. The lowest BCUT2D eigenvalue weighted by atomic mass is 9.80. The monoisotopic (exact) mass is 292 g/mol. The van der Waals surface area contributed by atoms with Crippen molar-refractivity contribution in [2.75, 3.05) is 13.1 Å². The van der Waals surface area contributed by atoms with Crippen LogP contribution < -0.4 is 0 Å². The molecule has 1 aromatic rings. The van der Waals surface area contributed by atoms with Gasteiger partial charge in [-0.3, -0.25) is 19.7 Å². The summed E-state index contributed by atoms with van der Waals surface area (Å²) in [6.45, 7) is 2.35. The molecule has 0 unspecified atom stereocenters. The smallest absolute Gasteiger partial charge is 0.309 e. The number of hydrogen-bond donors (Lipinski definition) is 1. The number of carboxylic acids is 1. The molecule has 0 radical (unpaired) electrons. The van der Waals surface area contributed by atoms with Crippen molar-refractivity contribution in [3.8, 4) is 0 Å². The summed E-state index contributed by atoms with van der Waals surface area (Å²) in [7, 11) is 0. The summed E-state index contributed by atoms with van der Waals surface area (Å²) in [6, 6.07) is 5.57. The molecule has 0 bridgehead atoms. The van der Waals surface area contributed by atoms with Gasteiger partial charge in [-0.25, -0.2) is 0 Å². The normalized spacial score (nSPS) is 17.3. The highest BCUT2D eigenvalue weighted by atomic mass is 16.6. The van der Waals surface area contributed by atoms with Gasteiger partial charge in [0.2, 0.25) is 0 Å². The Morgan fingerprint density at radius 2 is 1.95 bits per heavy atom. The van der Waals surface area contributed by atoms with Crippen molar-refractivity contribution < 1.29 is 19.6 Å². The van der Waals surface area contributed by atoms with Crippen molar-refractivity contribution in [2.45, 2.75) is 19.8 Å². The lowest BCUT2D eigenvalue weighted by Crippen LogP contribution is -2.45. The van der Waals surface area contributed by atoms with Crippen LogP contribution in [0.4, 0.5) is 5.69 Å². The molecule has 1 N–H and O–H groups in total. The van der Waals surface area contributed by atoms with Gasteiger partial charge < -0.3 is 10.0 Å². The molecule has 1 amide bonds. The second-order valence-corrected chi connectivity index (χ2v) is 5.47. The number of carboxylic acid groups (broad SMARTS) is 1. The average Bonchev–Trinajstić information content (AvgIpc) is 2.47. The van der Waals surface area contributed by atoms with E-state index in [1.165, 1.54) is 24.3 Å². The van der Waals surface area contributed by atoms with Gasteiger partial charge in [0.25, 0.3) is 11.6 Å². The summed E-state index contributed by atoms with van der Waals surface area (Å²) >= 11 is 0. The van der Waals surface area contributed by atoms with Crippen molar-refractivity contribution in [3.05, 3.63) is 39.9 Å². The Bertz CT molecular complexity index is 591. The summed E-state index contributed by atoms with van der Waals surface area (Å²) in [6.07, 6.45) is 0.756. The maximum Gasteiger partial charge on any atom is 0.309 e. The van der Waals surface area contributed by atoms with E-state index in [-0.39, 0.29) is 17.2 Å². The SMILES string of the molecule is CC1(C(=O)O)CCN(C(=O)c2cccc([N+](=O)[O-])c2)CC1. The Morgan fingerprint density at radius 3 is 2.48 bits per heavy atom. The first-order valence-electron chi connectivity index (χ1n) is 6.61. The van der Waals surface area contributed by atoms with Gasteiger partial charge in [0.15, 0.2) is 0 Å². The van der Waals surface area contributed by atoms with E-state index in [0.29, 0.717) is 25.9 Å². The zero-order chi connectivity index (χ0) is 15.6. The fourth-order valence-corrected chi connectivity index (χ4v) is 2.35. The predicted molar refractivity (Wildman–Crippen MR) is 74.0 cm³/mol. The number of benzene rings is 1. The van der Waals surface area contributed by atoms with Gasteiger partial charge in [0.1, 0.15) is 0 Å². The van der Waals surface area contributed by atoms with E-state index in [0.717, 1.165) is 0 Å². The lowest BCUT2D eigenvalue weighted by molar-refractivity contribution is -0.384. The van der Waals surface area contributed by atoms with Gasteiger partial charge in [-0.1, -0.05) is 6.07 Å². The third-order valence-electron chi connectivity index (χ3n) is 3.97. The molecule has 0 aliphatic carbocycles. The molecule has 112 valence electrons. The number of carbonyl (C=O) groups is 2. The van der Waals surface area contributed by atoms with Crippen molar-refractivity contribution in [1.82, 2.24) is 4.90 Å². The number of likely N-dealkylation sites (tertiary alicyclic amines) is 1. The standard InChI is InChI=1S/C14H16N2O5/c1-14(13(18)19)5-7-15(8-6-14)12(17)10-3-2-4-11(9-10)16(20)21/h2-4,9H,5-8H2,1H3,(H,18,19). The van der Waals surface area contributed by atoms with Crippen LogP contribution in [0.5, 0.6) is 0 Å². The van der Waals surface area contributed by atoms with Crippen LogP contribution >= 0.6 is 0 Å². The van der Waals surface area contributed by atoms with Crippen LogP contribution in [0, 0.1) is 15.5 Å². The number of nitro benzene ring substituents is 1. The largest absolute Gasteiger partial charge is 0.481 e. The summed E-state index contributed by atoms with van der Waals surface area (Å²) in [5.41, 5.74) is -0.684. The molecule has 1 aliphatic rings. The van der Waals surface area contributed by atoms with Crippen LogP contribution in [0.15, 0.2) is 24.3 Å². The molecule has 0 aromatic heterocycles. The predicted octanol–water partition coefficient (Wildman–Crippen LogP) is 1.92. The molecule has 7 heteroatoms. The molecule has 0 spiro atoms. The lowest BCUT2D eigenvalue weighted by Gasteiger charge is -2.36. The summed E-state index contributed by atoms with van der Waals surface area (Å²) in [4.78, 5) is 35.2. The van der Waals surface area contributed by atoms with Crippen molar-refractivity contribution in [3.63, 3.8) is 0 Å². The Balaban J connectivity index is 2.10. The molecule has 1 saturated heterocycles. The summed E-state index contributed by atoms with van der Waals surface area (Å²) in [5.74, 6) is -1.16. The minimum atomic E-state index is -0.857. The zero-order valence-corrected chi connectivity index (χ0v) is 11.6. The summed E-state index contributed by atoms with van der Waals surface area (Å²) in [5, 5.41) is 19.9. The minimum Gasteiger partial charge on any atom is -0.481 e. The van der Waals surface area contributed by atoms with E-state index >= 15 is 0 Å². The molecule has 2 rings (SSSR count). The Labute approximate surface area is 121 Å². The van der Waals surface area contributed by atoms with Gasteiger partial charge in [-0.2, -0.15) is 0 Å². The number of rotatable bonds is 3. The number of amides is 1. The molecule has 1 aliphatic heterocycles. The van der Waals surface area contributed by atoms with E-state index in [9.17, 15) is 19.7 Å². The topological polar surface area (TPSA) is 101 Å². The number of nitrogens with zero attached hydrogens (tertiary/aromatic N) is 2. The Kier molecular flexibility index (Phi) is 3.93. The van der Waals surface area contributed by atoms with Gasteiger partial charge >= 0.3 is 5.97 Å². The van der Waals surface area contributed by atoms with Crippen LogP contribution in [-0.4, -0.2) is 39.9 Å². The number of piperidine rings is 1. The number of hydrogen-bond acceptors (Lipinski definition) is 4. The van der Waals surface area contributed by atoms with E-state index in [4.69, 9.17) is 5.11 Å². The molecule has 1 fully saturated rings. The van der Waals surface area contributed by atoms with Crippen LogP contribution in [0.2, 0.25) is 0 Å². The van der Waals surface area contributed by atoms with Crippen molar-refractivity contribution in [2.24, 2.45) is 5.41 Å². The van der Waals surface area contributed by atoms with E-state index in [2.05, 4.69) is 0 Å². The molecule has 1 aromatic carbocycles. The maximum atomic E-state index is 12.3. The molecule has 21 heavy (non-hydrogen) atoms. The second-order valence-electron chi connectivity index (χ2n) is 5.47. The van der Waals surface area contributed by atoms with E-state index in [1.54, 1.807) is 11.8 Å². The summed E-state index contributed by atoms with van der Waals surface area (Å²) < 4.78 is 0. The third kappa shape index (κ3) is 3.01.